The Morgan fingerprint density at radius 1 is 1.24 bits per heavy atom. The molecule has 0 heterocycles. The first-order valence-electron chi connectivity index (χ1n) is 6.51. The van der Waals surface area contributed by atoms with E-state index in [0.717, 1.165) is 11.8 Å². The van der Waals surface area contributed by atoms with E-state index in [1.54, 1.807) is 6.92 Å². The molecule has 0 aromatic heterocycles. The van der Waals surface area contributed by atoms with Crippen molar-refractivity contribution < 1.29 is 14.3 Å². The molecule has 5 unspecified atom stereocenters. The average Bonchev–Trinajstić information content (AvgIpc) is 2.78. The molecular formula is C13H19NO3. The molecule has 3 rings (SSSR count). The molecule has 2 bridgehead atoms. The van der Waals surface area contributed by atoms with Crippen LogP contribution in [-0.4, -0.2) is 25.0 Å². The average molecular weight is 237 g/mol. The van der Waals surface area contributed by atoms with Crippen molar-refractivity contribution in [3.8, 4) is 0 Å². The van der Waals surface area contributed by atoms with Crippen molar-refractivity contribution in [1.29, 1.82) is 0 Å². The van der Waals surface area contributed by atoms with Gasteiger partial charge in [-0.25, -0.2) is 4.79 Å². The fourth-order valence-corrected chi connectivity index (χ4v) is 4.22. The lowest BCUT2D eigenvalue weighted by molar-refractivity contribution is -0.144. The van der Waals surface area contributed by atoms with Crippen LogP contribution in [0.5, 0.6) is 0 Å². The summed E-state index contributed by atoms with van der Waals surface area (Å²) in [6, 6.07) is -0.522. The zero-order valence-electron chi connectivity index (χ0n) is 10.3. The van der Waals surface area contributed by atoms with Crippen molar-refractivity contribution in [1.82, 2.24) is 5.32 Å². The van der Waals surface area contributed by atoms with E-state index in [9.17, 15) is 9.59 Å². The number of hydrogen-bond acceptors (Lipinski definition) is 3. The highest BCUT2D eigenvalue weighted by molar-refractivity contribution is 5.87. The monoisotopic (exact) mass is 237 g/mol. The van der Waals surface area contributed by atoms with Crippen molar-refractivity contribution >= 4 is 11.9 Å². The van der Waals surface area contributed by atoms with Crippen LogP contribution < -0.4 is 5.32 Å². The van der Waals surface area contributed by atoms with E-state index in [0.29, 0.717) is 11.8 Å². The molecule has 0 radical (unpaired) electrons. The van der Waals surface area contributed by atoms with Gasteiger partial charge in [-0.05, 0) is 49.9 Å². The summed E-state index contributed by atoms with van der Waals surface area (Å²) in [7, 11) is 1.34. The first-order chi connectivity index (χ1) is 8.13. The maximum absolute atomic E-state index is 12.0. The number of carbonyl (C=O) groups excluding carboxylic acids is 2. The van der Waals surface area contributed by atoms with Crippen molar-refractivity contribution in [2.24, 2.45) is 29.6 Å². The van der Waals surface area contributed by atoms with Crippen LogP contribution in [0.4, 0.5) is 0 Å². The number of rotatable bonds is 3. The summed E-state index contributed by atoms with van der Waals surface area (Å²) in [4.78, 5) is 23.3. The Hall–Kier alpha value is -1.06. The Bertz CT molecular complexity index is 352. The van der Waals surface area contributed by atoms with Gasteiger partial charge in [0.15, 0.2) is 0 Å². The molecule has 17 heavy (non-hydrogen) atoms. The summed E-state index contributed by atoms with van der Waals surface area (Å²) in [5.41, 5.74) is 0. The van der Waals surface area contributed by atoms with Gasteiger partial charge in [0.25, 0.3) is 0 Å². The quantitative estimate of drug-likeness (QED) is 0.744. The topological polar surface area (TPSA) is 55.4 Å². The molecule has 0 saturated heterocycles. The summed E-state index contributed by atoms with van der Waals surface area (Å²) < 4.78 is 4.61. The van der Waals surface area contributed by atoms with Gasteiger partial charge in [0, 0.05) is 5.92 Å². The van der Waals surface area contributed by atoms with Crippen LogP contribution in [0.1, 0.15) is 26.2 Å². The molecule has 0 aromatic rings. The van der Waals surface area contributed by atoms with Gasteiger partial charge in [0.1, 0.15) is 6.04 Å². The predicted molar refractivity (Wildman–Crippen MR) is 60.9 cm³/mol. The number of hydrogen-bond donors (Lipinski definition) is 1. The number of esters is 1. The maximum atomic E-state index is 12.0. The van der Waals surface area contributed by atoms with Crippen LogP contribution in [0.2, 0.25) is 0 Å². The SMILES string of the molecule is COC(=O)C(C)NC(=O)C1C2C3CCC(C3)C12. The maximum Gasteiger partial charge on any atom is 0.328 e. The molecule has 0 aromatic carbocycles. The van der Waals surface area contributed by atoms with Crippen LogP contribution in [0, 0.1) is 29.6 Å². The van der Waals surface area contributed by atoms with Gasteiger partial charge in [-0.3, -0.25) is 4.79 Å². The summed E-state index contributed by atoms with van der Waals surface area (Å²) in [5, 5.41) is 2.78. The fraction of sp³-hybridized carbons (Fsp3) is 0.846. The number of nitrogens with one attached hydrogen (secondary N) is 1. The van der Waals surface area contributed by atoms with E-state index in [1.807, 2.05) is 0 Å². The molecule has 1 amide bonds. The van der Waals surface area contributed by atoms with Crippen LogP contribution in [0.15, 0.2) is 0 Å². The van der Waals surface area contributed by atoms with Crippen LogP contribution in [0.25, 0.3) is 0 Å². The Balaban J connectivity index is 1.57. The number of fused-ring (bicyclic) bond motifs is 5. The normalized spacial score (nSPS) is 42.8. The molecule has 94 valence electrons. The summed E-state index contributed by atoms with van der Waals surface area (Å²) in [6.45, 7) is 1.68. The lowest BCUT2D eigenvalue weighted by atomic mass is 10.0. The summed E-state index contributed by atoms with van der Waals surface area (Å²) in [6.07, 6.45) is 3.95. The second-order valence-electron chi connectivity index (χ2n) is 5.77. The number of amides is 1. The van der Waals surface area contributed by atoms with Crippen LogP contribution >= 0.6 is 0 Å². The van der Waals surface area contributed by atoms with Gasteiger partial charge >= 0.3 is 5.97 Å². The molecule has 3 fully saturated rings. The van der Waals surface area contributed by atoms with E-state index >= 15 is 0 Å². The second-order valence-corrected chi connectivity index (χ2v) is 5.77. The Kier molecular flexibility index (Phi) is 2.42. The highest BCUT2D eigenvalue weighted by atomic mass is 16.5. The van der Waals surface area contributed by atoms with Crippen molar-refractivity contribution in [2.45, 2.75) is 32.2 Å². The summed E-state index contributed by atoms with van der Waals surface area (Å²) in [5.74, 6) is 2.70. The number of ether oxygens (including phenoxy) is 1. The highest BCUT2D eigenvalue weighted by Gasteiger charge is 2.67. The lowest BCUT2D eigenvalue weighted by Crippen LogP contribution is -2.40. The minimum Gasteiger partial charge on any atom is -0.467 e. The van der Waals surface area contributed by atoms with E-state index in [2.05, 4.69) is 10.1 Å². The predicted octanol–water partition coefficient (Wildman–Crippen LogP) is 0.956. The molecule has 0 spiro atoms. The number of carbonyl (C=O) groups is 2. The molecule has 1 N–H and O–H groups in total. The van der Waals surface area contributed by atoms with E-state index in [1.165, 1.54) is 26.4 Å². The largest absolute Gasteiger partial charge is 0.467 e. The van der Waals surface area contributed by atoms with Crippen LogP contribution in [0.3, 0.4) is 0 Å². The lowest BCUT2D eigenvalue weighted by Gasteiger charge is -2.13. The third-order valence-corrected chi connectivity index (χ3v) is 4.95. The van der Waals surface area contributed by atoms with Gasteiger partial charge < -0.3 is 10.1 Å². The smallest absolute Gasteiger partial charge is 0.328 e. The minimum absolute atomic E-state index is 0.0644. The fourth-order valence-electron chi connectivity index (χ4n) is 4.22. The van der Waals surface area contributed by atoms with Gasteiger partial charge in [0.2, 0.25) is 5.91 Å². The molecule has 4 heteroatoms. The number of methoxy groups -OCH3 is 1. The third-order valence-electron chi connectivity index (χ3n) is 4.95. The van der Waals surface area contributed by atoms with Crippen molar-refractivity contribution in [3.63, 3.8) is 0 Å². The molecular weight excluding hydrogens is 218 g/mol. The zero-order chi connectivity index (χ0) is 12.2. The van der Waals surface area contributed by atoms with E-state index in [-0.39, 0.29) is 17.8 Å². The van der Waals surface area contributed by atoms with Gasteiger partial charge in [-0.15, -0.1) is 0 Å². The molecule has 3 saturated carbocycles. The standard InChI is InChI=1S/C13H19NO3/c1-6(13(16)17-2)14-12(15)11-9-7-3-4-8(5-7)10(9)11/h6-11H,3-5H2,1-2H3,(H,14,15). The van der Waals surface area contributed by atoms with Crippen molar-refractivity contribution in [2.75, 3.05) is 7.11 Å². The Labute approximate surface area is 101 Å². The zero-order valence-corrected chi connectivity index (χ0v) is 10.3. The first kappa shape index (κ1) is 11.1. The molecule has 4 nitrogen and oxygen atoms in total. The van der Waals surface area contributed by atoms with Gasteiger partial charge in [-0.2, -0.15) is 0 Å². The molecule has 3 aliphatic rings. The van der Waals surface area contributed by atoms with E-state index < -0.39 is 6.04 Å². The van der Waals surface area contributed by atoms with E-state index in [4.69, 9.17) is 0 Å². The molecule has 5 atom stereocenters. The minimum atomic E-state index is -0.522. The highest BCUT2D eigenvalue weighted by Crippen LogP contribution is 2.69. The second kappa shape index (κ2) is 3.72. The third kappa shape index (κ3) is 1.57. The molecule has 3 aliphatic carbocycles. The van der Waals surface area contributed by atoms with Gasteiger partial charge in [0.05, 0.1) is 7.11 Å². The summed E-state index contributed by atoms with van der Waals surface area (Å²) >= 11 is 0. The Morgan fingerprint density at radius 2 is 1.82 bits per heavy atom. The first-order valence-corrected chi connectivity index (χ1v) is 6.51. The Morgan fingerprint density at radius 3 is 2.35 bits per heavy atom. The van der Waals surface area contributed by atoms with Gasteiger partial charge in [-0.1, -0.05) is 0 Å². The van der Waals surface area contributed by atoms with Crippen molar-refractivity contribution in [3.05, 3.63) is 0 Å². The van der Waals surface area contributed by atoms with Crippen LogP contribution in [-0.2, 0) is 14.3 Å². The molecule has 0 aliphatic heterocycles.